The van der Waals surface area contributed by atoms with E-state index in [0.29, 0.717) is 11.5 Å². The van der Waals surface area contributed by atoms with Gasteiger partial charge in [0.1, 0.15) is 5.56 Å². The van der Waals surface area contributed by atoms with Gasteiger partial charge in [-0.2, -0.15) is 0 Å². The van der Waals surface area contributed by atoms with Gasteiger partial charge in [-0.25, -0.2) is 4.98 Å². The zero-order valence-electron chi connectivity index (χ0n) is 10.6. The Hall–Kier alpha value is -1.69. The summed E-state index contributed by atoms with van der Waals surface area (Å²) in [4.78, 5) is 31.6. The summed E-state index contributed by atoms with van der Waals surface area (Å²) in [6.45, 7) is 4.52. The molecule has 0 saturated carbocycles. The lowest BCUT2D eigenvalue weighted by Crippen LogP contribution is -2.33. The molecule has 0 aromatic carbocycles. The van der Waals surface area contributed by atoms with Crippen LogP contribution < -0.4 is 5.56 Å². The molecule has 0 aliphatic heterocycles. The number of hydrogen-bond donors (Lipinski definition) is 0. The average molecular weight is 265 g/mol. The summed E-state index contributed by atoms with van der Waals surface area (Å²) in [5.41, 5.74) is -0.168. The van der Waals surface area contributed by atoms with Gasteiger partial charge >= 0.3 is 0 Å². The first-order chi connectivity index (χ1) is 8.54. The van der Waals surface area contributed by atoms with Crippen molar-refractivity contribution >= 4 is 22.2 Å². The second-order valence-electron chi connectivity index (χ2n) is 4.20. The Balaban J connectivity index is 2.49. The fraction of sp³-hybridized carbons (Fsp3) is 0.417. The van der Waals surface area contributed by atoms with Crippen LogP contribution in [0.3, 0.4) is 0 Å². The SMILES string of the molecule is CCCN(C)C(=O)c1cnc2sc(C)cn2c1=O. The number of thiazole rings is 1. The molecule has 2 aromatic rings. The van der Waals surface area contributed by atoms with E-state index in [1.54, 1.807) is 18.1 Å². The normalized spacial score (nSPS) is 10.8. The van der Waals surface area contributed by atoms with E-state index in [4.69, 9.17) is 0 Å². The van der Waals surface area contributed by atoms with Crippen LogP contribution in [0.4, 0.5) is 0 Å². The Morgan fingerprint density at radius 2 is 2.28 bits per heavy atom. The van der Waals surface area contributed by atoms with Crippen molar-refractivity contribution in [2.24, 2.45) is 0 Å². The van der Waals surface area contributed by atoms with E-state index in [2.05, 4.69) is 4.98 Å². The lowest BCUT2D eigenvalue weighted by molar-refractivity contribution is 0.0793. The van der Waals surface area contributed by atoms with Crippen molar-refractivity contribution in [3.63, 3.8) is 0 Å². The number of aryl methyl sites for hydroxylation is 1. The third-order valence-electron chi connectivity index (χ3n) is 2.66. The van der Waals surface area contributed by atoms with Crippen LogP contribution >= 0.6 is 11.3 Å². The molecule has 1 amide bonds. The van der Waals surface area contributed by atoms with Gasteiger partial charge in [-0.3, -0.25) is 14.0 Å². The summed E-state index contributed by atoms with van der Waals surface area (Å²) >= 11 is 1.43. The Labute approximate surface area is 109 Å². The molecule has 2 aromatic heterocycles. The molecule has 0 aliphatic rings. The van der Waals surface area contributed by atoms with E-state index >= 15 is 0 Å². The van der Waals surface area contributed by atoms with E-state index in [1.165, 1.54) is 21.9 Å². The Bertz CT molecular complexity index is 644. The third kappa shape index (κ3) is 2.15. The summed E-state index contributed by atoms with van der Waals surface area (Å²) < 4.78 is 1.44. The monoisotopic (exact) mass is 265 g/mol. The first kappa shape index (κ1) is 12.8. The standard InChI is InChI=1S/C12H15N3O2S/c1-4-5-14(3)10(16)9-6-13-12-15(11(9)17)7-8(2)18-12/h6-7H,4-5H2,1-3H3. The predicted molar refractivity (Wildman–Crippen MR) is 71.3 cm³/mol. The number of hydrogen-bond acceptors (Lipinski definition) is 4. The molecular weight excluding hydrogens is 250 g/mol. The molecule has 2 heterocycles. The van der Waals surface area contributed by atoms with Gasteiger partial charge in [0, 0.05) is 30.9 Å². The zero-order valence-corrected chi connectivity index (χ0v) is 11.5. The van der Waals surface area contributed by atoms with Crippen LogP contribution in [0.25, 0.3) is 4.96 Å². The molecular formula is C12H15N3O2S. The molecule has 0 saturated heterocycles. The van der Waals surface area contributed by atoms with Crippen molar-refractivity contribution in [1.82, 2.24) is 14.3 Å². The molecule has 2 rings (SSSR count). The zero-order chi connectivity index (χ0) is 13.3. The van der Waals surface area contributed by atoms with Crippen LogP contribution in [-0.4, -0.2) is 33.8 Å². The van der Waals surface area contributed by atoms with E-state index in [-0.39, 0.29) is 17.0 Å². The van der Waals surface area contributed by atoms with Crippen LogP contribution in [0, 0.1) is 6.92 Å². The van der Waals surface area contributed by atoms with Gasteiger partial charge in [0.05, 0.1) is 0 Å². The highest BCUT2D eigenvalue weighted by molar-refractivity contribution is 7.16. The molecule has 0 unspecified atom stereocenters. The van der Waals surface area contributed by atoms with Crippen LogP contribution in [0.1, 0.15) is 28.6 Å². The predicted octanol–water partition coefficient (Wildman–Crippen LogP) is 1.55. The largest absolute Gasteiger partial charge is 0.341 e. The molecule has 0 radical (unpaired) electrons. The molecule has 0 atom stereocenters. The fourth-order valence-electron chi connectivity index (χ4n) is 1.78. The third-order valence-corrected chi connectivity index (χ3v) is 3.57. The van der Waals surface area contributed by atoms with E-state index in [0.717, 1.165) is 11.3 Å². The second-order valence-corrected chi connectivity index (χ2v) is 5.41. The van der Waals surface area contributed by atoms with Crippen molar-refractivity contribution in [3.05, 3.63) is 33.2 Å². The molecule has 6 heteroatoms. The lowest BCUT2D eigenvalue weighted by atomic mass is 10.3. The van der Waals surface area contributed by atoms with Gasteiger partial charge in [0.2, 0.25) is 0 Å². The fourth-order valence-corrected chi connectivity index (χ4v) is 2.57. The summed E-state index contributed by atoms with van der Waals surface area (Å²) in [5.74, 6) is -0.271. The number of nitrogens with zero attached hydrogens (tertiary/aromatic N) is 3. The molecule has 0 bridgehead atoms. The number of fused-ring (bicyclic) bond motifs is 1. The maximum atomic E-state index is 12.2. The minimum Gasteiger partial charge on any atom is -0.341 e. The minimum atomic E-state index is -0.294. The van der Waals surface area contributed by atoms with Crippen molar-refractivity contribution in [1.29, 1.82) is 0 Å². The van der Waals surface area contributed by atoms with Gasteiger partial charge in [-0.1, -0.05) is 6.92 Å². The van der Waals surface area contributed by atoms with Gasteiger partial charge in [-0.15, -0.1) is 11.3 Å². The molecule has 0 N–H and O–H groups in total. The molecule has 18 heavy (non-hydrogen) atoms. The van der Waals surface area contributed by atoms with Crippen LogP contribution in [0.15, 0.2) is 17.2 Å². The lowest BCUT2D eigenvalue weighted by Gasteiger charge is -2.15. The first-order valence-electron chi connectivity index (χ1n) is 5.78. The molecule has 0 fully saturated rings. The quantitative estimate of drug-likeness (QED) is 0.846. The first-order valence-corrected chi connectivity index (χ1v) is 6.59. The van der Waals surface area contributed by atoms with Crippen LogP contribution in [-0.2, 0) is 0 Å². The van der Waals surface area contributed by atoms with Crippen molar-refractivity contribution in [3.8, 4) is 0 Å². The van der Waals surface area contributed by atoms with Gasteiger partial charge in [0.15, 0.2) is 4.96 Å². The Morgan fingerprint density at radius 3 is 2.94 bits per heavy atom. The number of rotatable bonds is 3. The Kier molecular flexibility index (Phi) is 3.47. The topological polar surface area (TPSA) is 54.7 Å². The Morgan fingerprint density at radius 1 is 1.56 bits per heavy atom. The van der Waals surface area contributed by atoms with Crippen molar-refractivity contribution < 1.29 is 4.79 Å². The highest BCUT2D eigenvalue weighted by atomic mass is 32.1. The van der Waals surface area contributed by atoms with E-state index in [9.17, 15) is 9.59 Å². The van der Waals surface area contributed by atoms with Gasteiger partial charge in [-0.05, 0) is 13.3 Å². The molecule has 0 aliphatic carbocycles. The smallest absolute Gasteiger partial charge is 0.271 e. The van der Waals surface area contributed by atoms with Crippen LogP contribution in [0.5, 0.6) is 0 Å². The minimum absolute atomic E-state index is 0.126. The molecule has 5 nitrogen and oxygen atoms in total. The van der Waals surface area contributed by atoms with Gasteiger partial charge in [0.25, 0.3) is 11.5 Å². The number of amides is 1. The summed E-state index contributed by atoms with van der Waals surface area (Å²) in [6, 6.07) is 0. The maximum Gasteiger partial charge on any atom is 0.271 e. The highest BCUT2D eigenvalue weighted by Crippen LogP contribution is 2.12. The molecule has 0 spiro atoms. The van der Waals surface area contributed by atoms with Crippen LogP contribution in [0.2, 0.25) is 0 Å². The molecule has 96 valence electrons. The number of carbonyl (C=O) groups is 1. The maximum absolute atomic E-state index is 12.2. The summed E-state index contributed by atoms with van der Waals surface area (Å²) in [5, 5.41) is 0. The summed E-state index contributed by atoms with van der Waals surface area (Å²) in [6.07, 6.45) is 3.95. The van der Waals surface area contributed by atoms with E-state index in [1.807, 2.05) is 13.8 Å². The second kappa shape index (κ2) is 4.89. The van der Waals surface area contributed by atoms with Gasteiger partial charge < -0.3 is 4.90 Å². The number of aromatic nitrogens is 2. The van der Waals surface area contributed by atoms with Crippen molar-refractivity contribution in [2.75, 3.05) is 13.6 Å². The number of carbonyl (C=O) groups excluding carboxylic acids is 1. The van der Waals surface area contributed by atoms with E-state index < -0.39 is 0 Å². The van der Waals surface area contributed by atoms with Crippen molar-refractivity contribution in [2.45, 2.75) is 20.3 Å². The average Bonchev–Trinajstić information content (AvgIpc) is 2.71. The summed E-state index contributed by atoms with van der Waals surface area (Å²) in [7, 11) is 1.69. The highest BCUT2D eigenvalue weighted by Gasteiger charge is 2.17.